The zero-order valence-electron chi connectivity index (χ0n) is 28.2. The number of carbonyl (C=O) groups is 1. The molecule has 0 aromatic rings. The molecular formula is C35H58O11. The number of fused-ring (bicyclic) bond motifs is 5. The number of ether oxygens (including phenoxy) is 3. The van der Waals surface area contributed by atoms with E-state index in [2.05, 4.69) is 34.6 Å². The van der Waals surface area contributed by atoms with E-state index in [-0.39, 0.29) is 64.1 Å². The Morgan fingerprint density at radius 2 is 1.57 bits per heavy atom. The number of aliphatic hydroxyl groups excluding tert-OH is 7. The molecule has 0 aromatic heterocycles. The lowest BCUT2D eigenvalue weighted by Gasteiger charge is -2.61. The van der Waals surface area contributed by atoms with Crippen molar-refractivity contribution in [2.24, 2.45) is 52.3 Å². The molecule has 6 rings (SSSR count). The van der Waals surface area contributed by atoms with E-state index in [1.165, 1.54) is 0 Å². The van der Waals surface area contributed by atoms with Crippen molar-refractivity contribution in [3.8, 4) is 0 Å². The number of epoxide rings is 1. The summed E-state index contributed by atoms with van der Waals surface area (Å²) in [7, 11) is 0. The number of Topliss-reactive ketones (excluding diaryl/α,β-unsaturated/α-hetero) is 1. The molecule has 0 aromatic carbocycles. The molecule has 0 radical (unpaired) electrons. The van der Waals surface area contributed by atoms with Crippen LogP contribution in [-0.2, 0) is 19.0 Å². The average molecular weight is 655 g/mol. The van der Waals surface area contributed by atoms with E-state index in [1.807, 2.05) is 6.92 Å². The van der Waals surface area contributed by atoms with Gasteiger partial charge in [-0.3, -0.25) is 4.79 Å². The van der Waals surface area contributed by atoms with Crippen LogP contribution in [0, 0.1) is 52.3 Å². The van der Waals surface area contributed by atoms with Crippen LogP contribution in [0.15, 0.2) is 0 Å². The van der Waals surface area contributed by atoms with Crippen molar-refractivity contribution in [1.82, 2.24) is 0 Å². The minimum absolute atomic E-state index is 0.00490. The Balaban J connectivity index is 1.17. The number of hydrogen-bond acceptors (Lipinski definition) is 11. The van der Waals surface area contributed by atoms with Crippen LogP contribution in [-0.4, -0.2) is 115 Å². The largest absolute Gasteiger partial charge is 0.394 e. The van der Waals surface area contributed by atoms with Gasteiger partial charge in [0.25, 0.3) is 0 Å². The molecule has 7 N–H and O–H groups in total. The highest BCUT2D eigenvalue weighted by Crippen LogP contribution is 2.68. The average Bonchev–Trinajstić information content (AvgIpc) is 3.62. The predicted molar refractivity (Wildman–Crippen MR) is 165 cm³/mol. The summed E-state index contributed by atoms with van der Waals surface area (Å²) in [4.78, 5) is 14.2. The summed E-state index contributed by atoms with van der Waals surface area (Å²) in [6.07, 6.45) is -5.36. The van der Waals surface area contributed by atoms with Crippen molar-refractivity contribution in [3.63, 3.8) is 0 Å². The fraction of sp³-hybridized carbons (Fsp3) is 0.971. The summed E-state index contributed by atoms with van der Waals surface area (Å²) < 4.78 is 17.6. The summed E-state index contributed by atoms with van der Waals surface area (Å²) in [5, 5.41) is 75.0. The van der Waals surface area contributed by atoms with Gasteiger partial charge < -0.3 is 50.0 Å². The second-order valence-corrected chi connectivity index (χ2v) is 16.8. The second-order valence-electron chi connectivity index (χ2n) is 16.8. The Labute approximate surface area is 272 Å². The molecule has 46 heavy (non-hydrogen) atoms. The molecule has 11 nitrogen and oxygen atoms in total. The molecule has 6 fully saturated rings. The Kier molecular flexibility index (Phi) is 9.35. The smallest absolute Gasteiger partial charge is 0.186 e. The molecule has 0 amide bonds. The van der Waals surface area contributed by atoms with Gasteiger partial charge in [-0.25, -0.2) is 0 Å². The lowest BCUT2D eigenvalue weighted by molar-refractivity contribution is -0.317. The summed E-state index contributed by atoms with van der Waals surface area (Å²) in [6.45, 7) is 12.1. The van der Waals surface area contributed by atoms with Crippen molar-refractivity contribution in [1.29, 1.82) is 0 Å². The van der Waals surface area contributed by atoms with Crippen molar-refractivity contribution < 1.29 is 54.8 Å². The quantitative estimate of drug-likeness (QED) is 0.147. The monoisotopic (exact) mass is 654 g/mol. The SMILES string of the molecule is CC(C)[C@]1([C@@H](O)C[C@@H](C)[C@@H]2[C@@H](O)C[C@H]3[C@@H]4C(=O)[C@H](O)[C@H]5C[C@@H](O[C@@H]6O[C@H](CO)[C@@H](O)[C@H](O)[C@H]6O)CC[C@]5(C)[C@H]4CC[C@]23C)O[C@@H]1C. The zero-order chi connectivity index (χ0) is 33.7. The van der Waals surface area contributed by atoms with Crippen molar-refractivity contribution in [2.45, 2.75) is 153 Å². The Morgan fingerprint density at radius 1 is 0.913 bits per heavy atom. The van der Waals surface area contributed by atoms with Crippen LogP contribution in [0.1, 0.15) is 86.5 Å². The van der Waals surface area contributed by atoms with Gasteiger partial charge in [0.2, 0.25) is 0 Å². The van der Waals surface area contributed by atoms with E-state index >= 15 is 0 Å². The zero-order valence-corrected chi connectivity index (χ0v) is 28.2. The van der Waals surface area contributed by atoms with Crippen LogP contribution in [0.3, 0.4) is 0 Å². The van der Waals surface area contributed by atoms with Crippen LogP contribution in [0.2, 0.25) is 0 Å². The first-order chi connectivity index (χ1) is 21.5. The van der Waals surface area contributed by atoms with Gasteiger partial charge in [-0.1, -0.05) is 34.6 Å². The molecule has 264 valence electrons. The van der Waals surface area contributed by atoms with Gasteiger partial charge in [0.05, 0.1) is 31.0 Å². The molecule has 2 aliphatic heterocycles. The maximum atomic E-state index is 14.2. The Morgan fingerprint density at radius 3 is 2.17 bits per heavy atom. The third kappa shape index (κ3) is 5.17. The van der Waals surface area contributed by atoms with Crippen LogP contribution in [0.25, 0.3) is 0 Å². The van der Waals surface area contributed by atoms with Crippen molar-refractivity contribution in [2.75, 3.05) is 6.61 Å². The third-order valence-electron chi connectivity index (χ3n) is 14.4. The van der Waals surface area contributed by atoms with Gasteiger partial charge in [0, 0.05) is 11.8 Å². The standard InChI is InChI=1S/C35H58O11/c1-15(2)35(17(4)46-35)24(38)11-16(3)26-22(37)13-20-25-19(8-10-34(20,26)6)33(5)9-7-18(12-21(33)27(39)29(25)41)44-32-31(43)30(42)28(40)23(14-36)45-32/h15-28,30-32,36-40,42-43H,7-14H2,1-6H3/t16-,17-,18+,19+,20+,21-,22+,23-,24+,25-,26-,27-,28-,30+,31-,32-,33-,34+,35+/m1/s1. The maximum absolute atomic E-state index is 14.2. The number of hydrogen-bond donors (Lipinski definition) is 7. The first kappa shape index (κ1) is 35.1. The van der Waals surface area contributed by atoms with Crippen LogP contribution in [0.4, 0.5) is 0 Å². The van der Waals surface area contributed by atoms with E-state index in [4.69, 9.17) is 14.2 Å². The molecule has 6 aliphatic rings. The maximum Gasteiger partial charge on any atom is 0.186 e. The summed E-state index contributed by atoms with van der Waals surface area (Å²) >= 11 is 0. The summed E-state index contributed by atoms with van der Waals surface area (Å²) in [6, 6.07) is 0. The molecular weight excluding hydrogens is 596 g/mol. The van der Waals surface area contributed by atoms with E-state index < -0.39 is 67.3 Å². The molecule has 19 atom stereocenters. The molecule has 2 saturated heterocycles. The normalized spacial score (nSPS) is 55.0. The predicted octanol–water partition coefficient (Wildman–Crippen LogP) is 1.15. The molecule has 2 heterocycles. The first-order valence-electron chi connectivity index (χ1n) is 17.7. The minimum atomic E-state index is -1.54. The Bertz CT molecular complexity index is 1130. The number of carbonyl (C=O) groups excluding carboxylic acids is 1. The van der Waals surface area contributed by atoms with Gasteiger partial charge in [-0.15, -0.1) is 0 Å². The van der Waals surface area contributed by atoms with Crippen molar-refractivity contribution in [3.05, 3.63) is 0 Å². The molecule has 11 heteroatoms. The van der Waals surface area contributed by atoms with Gasteiger partial charge in [0.15, 0.2) is 12.1 Å². The van der Waals surface area contributed by atoms with Crippen LogP contribution in [0.5, 0.6) is 0 Å². The highest BCUT2D eigenvalue weighted by Gasteiger charge is 2.68. The third-order valence-corrected chi connectivity index (χ3v) is 14.4. The number of rotatable bonds is 8. The van der Waals surface area contributed by atoms with Crippen LogP contribution >= 0.6 is 0 Å². The first-order valence-corrected chi connectivity index (χ1v) is 17.7. The van der Waals surface area contributed by atoms with E-state index in [9.17, 15) is 40.5 Å². The highest BCUT2D eigenvalue weighted by molar-refractivity contribution is 5.87. The highest BCUT2D eigenvalue weighted by atomic mass is 16.7. The van der Waals surface area contributed by atoms with E-state index in [0.717, 1.165) is 12.8 Å². The number of ketones is 1. The molecule has 4 aliphatic carbocycles. The van der Waals surface area contributed by atoms with Crippen molar-refractivity contribution >= 4 is 5.78 Å². The molecule has 0 unspecified atom stereocenters. The van der Waals surface area contributed by atoms with Gasteiger partial charge in [-0.2, -0.15) is 0 Å². The van der Waals surface area contributed by atoms with Gasteiger partial charge in [0.1, 0.15) is 36.1 Å². The fourth-order valence-corrected chi connectivity index (χ4v) is 11.8. The summed E-state index contributed by atoms with van der Waals surface area (Å²) in [5.41, 5.74) is -1.18. The topological polar surface area (TPSA) is 190 Å². The minimum Gasteiger partial charge on any atom is -0.394 e. The van der Waals surface area contributed by atoms with Gasteiger partial charge in [-0.05, 0) is 92.3 Å². The lowest BCUT2D eigenvalue weighted by atomic mass is 9.43. The molecule has 0 spiro atoms. The van der Waals surface area contributed by atoms with Crippen LogP contribution < -0.4 is 0 Å². The van der Waals surface area contributed by atoms with Gasteiger partial charge >= 0.3 is 0 Å². The second kappa shape index (κ2) is 12.2. The van der Waals surface area contributed by atoms with E-state index in [0.29, 0.717) is 32.1 Å². The fourth-order valence-electron chi connectivity index (χ4n) is 11.8. The molecule has 0 bridgehead atoms. The molecule has 4 saturated carbocycles. The van der Waals surface area contributed by atoms with E-state index in [1.54, 1.807) is 0 Å². The lowest BCUT2D eigenvalue weighted by Crippen LogP contribution is -2.63. The Hall–Kier alpha value is -0.730. The number of aliphatic hydroxyl groups is 7. The summed E-state index contributed by atoms with van der Waals surface area (Å²) in [5.74, 6) is -0.779.